The molecule has 4 rings (SSSR count). The predicted molar refractivity (Wildman–Crippen MR) is 74.1 cm³/mol. The molecule has 0 aliphatic carbocycles. The Balaban J connectivity index is 1.94. The molecule has 1 amide bonds. The lowest BCUT2D eigenvalue weighted by atomic mass is 10.1. The lowest BCUT2D eigenvalue weighted by Crippen LogP contribution is -2.41. The van der Waals surface area contributed by atoms with Gasteiger partial charge in [-0.3, -0.25) is 9.69 Å². The van der Waals surface area contributed by atoms with Crippen molar-refractivity contribution in [1.29, 1.82) is 0 Å². The number of amides is 1. The van der Waals surface area contributed by atoms with Crippen molar-refractivity contribution in [2.45, 2.75) is 19.0 Å². The van der Waals surface area contributed by atoms with Crippen molar-refractivity contribution < 1.29 is 4.79 Å². The number of hydrogen-bond acceptors (Lipinski definition) is 2. The van der Waals surface area contributed by atoms with Gasteiger partial charge in [0.1, 0.15) is 5.69 Å². The lowest BCUT2D eigenvalue weighted by Gasteiger charge is -2.27. The van der Waals surface area contributed by atoms with Crippen LogP contribution in [0.5, 0.6) is 0 Å². The number of rotatable bonds is 0. The summed E-state index contributed by atoms with van der Waals surface area (Å²) in [5, 5.41) is 1.18. The summed E-state index contributed by atoms with van der Waals surface area (Å²) >= 11 is 0. The van der Waals surface area contributed by atoms with Gasteiger partial charge < -0.3 is 9.88 Å². The predicted octanol–water partition coefficient (Wildman–Crippen LogP) is 1.83. The van der Waals surface area contributed by atoms with E-state index in [4.69, 9.17) is 0 Å². The third-order valence-electron chi connectivity index (χ3n) is 4.52. The number of fused-ring (bicyclic) bond motifs is 5. The van der Waals surface area contributed by atoms with E-state index < -0.39 is 0 Å². The SMILES string of the molecule is CN1C(=O)c2[nH]c3ccccc3c2CN2CC[C@@H]1C2. The highest BCUT2D eigenvalue weighted by Gasteiger charge is 2.34. The van der Waals surface area contributed by atoms with Gasteiger partial charge in [-0.25, -0.2) is 0 Å². The summed E-state index contributed by atoms with van der Waals surface area (Å²) in [4.78, 5) is 20.3. The van der Waals surface area contributed by atoms with E-state index in [1.807, 2.05) is 30.1 Å². The van der Waals surface area contributed by atoms with Crippen LogP contribution in [-0.4, -0.2) is 46.9 Å². The first kappa shape index (κ1) is 11.1. The Morgan fingerprint density at radius 3 is 3.05 bits per heavy atom. The molecule has 0 spiro atoms. The summed E-state index contributed by atoms with van der Waals surface area (Å²) in [6.45, 7) is 2.97. The second kappa shape index (κ2) is 3.84. The molecule has 4 nitrogen and oxygen atoms in total. The van der Waals surface area contributed by atoms with Crippen molar-refractivity contribution in [3.05, 3.63) is 35.5 Å². The zero-order chi connectivity index (χ0) is 13.0. The second-order valence-corrected chi connectivity index (χ2v) is 5.62. The Hall–Kier alpha value is -1.81. The number of carbonyl (C=O) groups is 1. The van der Waals surface area contributed by atoms with Crippen LogP contribution in [0.2, 0.25) is 0 Å². The first-order chi connectivity index (χ1) is 9.24. The fraction of sp³-hybridized carbons (Fsp3) is 0.400. The number of nitrogens with zero attached hydrogens (tertiary/aromatic N) is 2. The summed E-state index contributed by atoms with van der Waals surface area (Å²) in [5.41, 5.74) is 3.00. The van der Waals surface area contributed by atoms with Crippen LogP contribution in [0.15, 0.2) is 24.3 Å². The summed E-state index contributed by atoms with van der Waals surface area (Å²) in [7, 11) is 1.93. The number of benzene rings is 1. The maximum Gasteiger partial charge on any atom is 0.270 e. The fourth-order valence-corrected chi connectivity index (χ4v) is 3.38. The standard InChI is InChI=1S/C15H17N3O/c1-17-10-6-7-18(8-10)9-12-11-4-2-3-5-13(11)16-14(12)15(17)19/h2-5,10,16H,6-9H2,1H3/t10-/m1/s1. The van der Waals surface area contributed by atoms with Crippen LogP contribution < -0.4 is 0 Å². The molecular formula is C15H17N3O. The van der Waals surface area contributed by atoms with E-state index in [1.165, 1.54) is 5.39 Å². The quantitative estimate of drug-likeness (QED) is 0.780. The van der Waals surface area contributed by atoms with Gasteiger partial charge in [0, 0.05) is 49.2 Å². The zero-order valence-corrected chi connectivity index (χ0v) is 11.0. The molecule has 19 heavy (non-hydrogen) atoms. The molecule has 3 heterocycles. The summed E-state index contributed by atoms with van der Waals surface area (Å²) in [6.07, 6.45) is 1.09. The molecule has 1 aromatic carbocycles. The third kappa shape index (κ3) is 1.53. The molecule has 98 valence electrons. The number of aromatic nitrogens is 1. The van der Waals surface area contributed by atoms with Crippen LogP contribution in [0.25, 0.3) is 10.9 Å². The van der Waals surface area contributed by atoms with Gasteiger partial charge in [-0.15, -0.1) is 0 Å². The van der Waals surface area contributed by atoms with E-state index in [-0.39, 0.29) is 5.91 Å². The van der Waals surface area contributed by atoms with Crippen molar-refractivity contribution in [3.63, 3.8) is 0 Å². The van der Waals surface area contributed by atoms with E-state index in [2.05, 4.69) is 16.0 Å². The largest absolute Gasteiger partial charge is 0.350 e. The van der Waals surface area contributed by atoms with E-state index in [0.29, 0.717) is 6.04 Å². The Morgan fingerprint density at radius 2 is 2.16 bits per heavy atom. The molecule has 2 aliphatic heterocycles. The van der Waals surface area contributed by atoms with Crippen LogP contribution >= 0.6 is 0 Å². The zero-order valence-electron chi connectivity index (χ0n) is 11.0. The van der Waals surface area contributed by atoms with E-state index >= 15 is 0 Å². The van der Waals surface area contributed by atoms with Gasteiger partial charge in [0.05, 0.1) is 0 Å². The van der Waals surface area contributed by atoms with Gasteiger partial charge >= 0.3 is 0 Å². The van der Waals surface area contributed by atoms with Crippen molar-refractivity contribution in [3.8, 4) is 0 Å². The topological polar surface area (TPSA) is 39.3 Å². The van der Waals surface area contributed by atoms with E-state index in [9.17, 15) is 4.79 Å². The molecule has 0 radical (unpaired) electrons. The molecule has 2 bridgehead atoms. The van der Waals surface area contributed by atoms with Crippen molar-refractivity contribution in [2.75, 3.05) is 20.1 Å². The lowest BCUT2D eigenvalue weighted by molar-refractivity contribution is 0.0719. The first-order valence-electron chi connectivity index (χ1n) is 6.83. The number of likely N-dealkylation sites (N-methyl/N-ethyl adjacent to an activating group) is 1. The van der Waals surface area contributed by atoms with Crippen LogP contribution in [0, 0.1) is 0 Å². The molecule has 1 unspecified atom stereocenters. The Kier molecular flexibility index (Phi) is 2.23. The van der Waals surface area contributed by atoms with Crippen LogP contribution in [-0.2, 0) is 6.54 Å². The average molecular weight is 255 g/mol. The Labute approximate surface area is 112 Å². The number of aromatic amines is 1. The van der Waals surface area contributed by atoms with Crippen molar-refractivity contribution >= 4 is 16.8 Å². The molecule has 2 aliphatic rings. The summed E-state index contributed by atoms with van der Waals surface area (Å²) < 4.78 is 0. The van der Waals surface area contributed by atoms with Gasteiger partial charge in [-0.05, 0) is 12.5 Å². The van der Waals surface area contributed by atoms with Gasteiger partial charge in [-0.2, -0.15) is 0 Å². The van der Waals surface area contributed by atoms with Crippen LogP contribution in [0.3, 0.4) is 0 Å². The number of nitrogens with one attached hydrogen (secondary N) is 1. The first-order valence-corrected chi connectivity index (χ1v) is 6.83. The second-order valence-electron chi connectivity index (χ2n) is 5.62. The molecule has 1 N–H and O–H groups in total. The molecule has 0 saturated carbocycles. The van der Waals surface area contributed by atoms with E-state index in [0.717, 1.165) is 42.8 Å². The van der Waals surface area contributed by atoms with Crippen molar-refractivity contribution in [2.24, 2.45) is 0 Å². The highest BCUT2D eigenvalue weighted by Crippen LogP contribution is 2.29. The number of hydrogen-bond donors (Lipinski definition) is 1. The molecule has 2 aromatic rings. The van der Waals surface area contributed by atoms with Crippen LogP contribution in [0.1, 0.15) is 22.5 Å². The summed E-state index contributed by atoms with van der Waals surface area (Å²) in [5.74, 6) is 0.137. The Bertz CT molecular complexity index is 660. The molecule has 4 heteroatoms. The highest BCUT2D eigenvalue weighted by molar-refractivity contribution is 6.01. The van der Waals surface area contributed by atoms with Gasteiger partial charge in [0.2, 0.25) is 0 Å². The molecule has 1 aromatic heterocycles. The Morgan fingerprint density at radius 1 is 1.32 bits per heavy atom. The molecule has 1 fully saturated rings. The van der Waals surface area contributed by atoms with Gasteiger partial charge in [-0.1, -0.05) is 18.2 Å². The average Bonchev–Trinajstić information content (AvgIpc) is 3.03. The highest BCUT2D eigenvalue weighted by atomic mass is 16.2. The summed E-state index contributed by atoms with van der Waals surface area (Å²) in [6, 6.07) is 8.56. The third-order valence-corrected chi connectivity index (χ3v) is 4.52. The number of para-hydroxylation sites is 1. The normalized spacial score (nSPS) is 26.4. The monoisotopic (exact) mass is 255 g/mol. The maximum absolute atomic E-state index is 12.6. The molecular weight excluding hydrogens is 238 g/mol. The van der Waals surface area contributed by atoms with Gasteiger partial charge in [0.15, 0.2) is 0 Å². The fourth-order valence-electron chi connectivity index (χ4n) is 3.38. The molecule has 2 atom stereocenters. The minimum Gasteiger partial charge on any atom is -0.350 e. The van der Waals surface area contributed by atoms with E-state index in [1.54, 1.807) is 0 Å². The minimum absolute atomic E-state index is 0.137. The number of carbonyl (C=O) groups excluding carboxylic acids is 1. The van der Waals surface area contributed by atoms with Crippen molar-refractivity contribution in [1.82, 2.24) is 14.8 Å². The smallest absolute Gasteiger partial charge is 0.270 e. The minimum atomic E-state index is 0.137. The van der Waals surface area contributed by atoms with Crippen LogP contribution in [0.4, 0.5) is 0 Å². The van der Waals surface area contributed by atoms with Gasteiger partial charge in [0.25, 0.3) is 5.91 Å². The number of H-pyrrole nitrogens is 1. The maximum atomic E-state index is 12.6. The molecule has 1 saturated heterocycles.